The molecule has 117 heavy (non-hydrogen) atoms. The Hall–Kier alpha value is -16.1. The molecule has 43 nitrogen and oxygen atoms in total. The maximum atomic E-state index is 12.4. The van der Waals surface area contributed by atoms with E-state index in [2.05, 4.69) is 165 Å². The Morgan fingerprint density at radius 1 is 0.410 bits per heavy atom. The molecule has 12 heterocycles. The summed E-state index contributed by atoms with van der Waals surface area (Å²) >= 11 is 0. The minimum Gasteiger partial charge on any atom is -0.494 e. The molecule has 8 aromatic heterocycles. The lowest BCUT2D eigenvalue weighted by molar-refractivity contribution is 0.0949. The van der Waals surface area contributed by atoms with Crippen LogP contribution in [-0.4, -0.2) is 200 Å². The summed E-state index contributed by atoms with van der Waals surface area (Å²) < 4.78 is 46.2. The average Bonchev–Trinajstić information content (AvgIpc) is 1.77. The zero-order valence-electron chi connectivity index (χ0n) is 65.1. The van der Waals surface area contributed by atoms with E-state index in [4.69, 9.17) is 33.2 Å². The second kappa shape index (κ2) is 34.6. The third kappa shape index (κ3) is 16.6. The quantitative estimate of drug-likeness (QED) is 0.0392. The number of fused-ring (bicyclic) bond motifs is 4. The van der Waals surface area contributed by atoms with Crippen LogP contribution in [0, 0.1) is 0 Å². The molecule has 0 radical (unpaired) electrons. The molecule has 0 saturated heterocycles. The van der Waals surface area contributed by atoms with E-state index in [0.29, 0.717) is 174 Å². The third-order valence-corrected chi connectivity index (χ3v) is 17.4. The summed E-state index contributed by atoms with van der Waals surface area (Å²) in [6, 6.07) is 22.1. The van der Waals surface area contributed by atoms with E-state index in [1.54, 1.807) is 120 Å². The second-order valence-electron chi connectivity index (χ2n) is 25.2. The van der Waals surface area contributed by atoms with Gasteiger partial charge in [0, 0.05) is 79.8 Å². The first kappa shape index (κ1) is 79.0. The smallest absolute Gasteiger partial charge is 0.273 e. The van der Waals surface area contributed by atoms with Crippen molar-refractivity contribution in [2.45, 2.75) is 6.42 Å². The number of rotatable bonds is 20. The lowest BCUT2D eigenvalue weighted by atomic mass is 10.1. The van der Waals surface area contributed by atoms with Crippen molar-refractivity contribution in [2.75, 3.05) is 119 Å². The number of carbonyl (C=O) groups excluding carboxylic acids is 4. The Balaban J connectivity index is 0.000000135. The number of hydrogen-bond acceptors (Lipinski definition) is 35. The predicted molar refractivity (Wildman–Crippen MR) is 429 cm³/mol. The van der Waals surface area contributed by atoms with E-state index >= 15 is 0 Å². The van der Waals surface area contributed by atoms with Gasteiger partial charge in [-0.05, 0) is 55.1 Å². The van der Waals surface area contributed by atoms with Gasteiger partial charge in [-0.2, -0.15) is 20.4 Å². The molecule has 43 heteroatoms. The Labute approximate surface area is 665 Å². The molecule has 0 spiro atoms. The topological polar surface area (TPSA) is 503 Å². The van der Waals surface area contributed by atoms with E-state index in [1.165, 1.54) is 21.1 Å². The van der Waals surface area contributed by atoms with Crippen molar-refractivity contribution >= 4 is 92.4 Å². The number of aryl methyl sites for hydroxylation is 4. The van der Waals surface area contributed by atoms with Crippen LogP contribution in [0.2, 0.25) is 0 Å². The van der Waals surface area contributed by atoms with Gasteiger partial charge in [0.05, 0.1) is 85.7 Å². The number of anilines is 12. The summed E-state index contributed by atoms with van der Waals surface area (Å²) in [5, 5.41) is 85.1. The molecule has 4 amide bonds. The van der Waals surface area contributed by atoms with Crippen LogP contribution in [0.3, 0.4) is 0 Å². The molecule has 4 aliphatic heterocycles. The SMILES string of the molecule is C=C1COc2c(nnc(C(=O)NC)c2Nc2cccc(-c3ncn(C)n3)c2OC)N1.C=C1Cc2c(nnc(C(=O)NC)c2Nc2cccc(-c3ncn(C)n3)c2OC)N1.C=C1Nc2nnc(C(=O)NC)c(Nc3cccc(-c4ncn(C)n4)c3OC)c2O1.CNC(=O)c1nnc2c(c1Nc1cccc(-c3ncn(C)n3)c1OC)OCCN2. The summed E-state index contributed by atoms with van der Waals surface area (Å²) in [6.45, 7) is 12.8. The van der Waals surface area contributed by atoms with Crippen molar-refractivity contribution in [1.82, 2.24) is 121 Å². The summed E-state index contributed by atoms with van der Waals surface area (Å²) in [5.74, 6) is 5.71. The molecule has 600 valence electrons. The molecule has 0 unspecified atom stereocenters. The van der Waals surface area contributed by atoms with Crippen LogP contribution in [-0.2, 0) is 34.6 Å². The van der Waals surface area contributed by atoms with E-state index in [0.717, 1.165) is 16.8 Å². The monoisotopic (exact) mass is 1590 g/mol. The van der Waals surface area contributed by atoms with E-state index < -0.39 is 17.7 Å². The third-order valence-electron chi connectivity index (χ3n) is 17.4. The maximum absolute atomic E-state index is 12.4. The highest BCUT2D eigenvalue weighted by Crippen LogP contribution is 2.48. The molecule has 12 N–H and O–H groups in total. The fourth-order valence-corrected chi connectivity index (χ4v) is 12.2. The highest BCUT2D eigenvalue weighted by molar-refractivity contribution is 6.04. The number of nitrogens with one attached hydrogen (secondary N) is 12. The van der Waals surface area contributed by atoms with E-state index in [9.17, 15) is 19.2 Å². The van der Waals surface area contributed by atoms with Gasteiger partial charge in [0.2, 0.25) is 5.82 Å². The van der Waals surface area contributed by atoms with Crippen LogP contribution in [0.25, 0.3) is 45.6 Å². The molecule has 12 aromatic rings. The summed E-state index contributed by atoms with van der Waals surface area (Å²) in [5.41, 5.74) is 9.48. The van der Waals surface area contributed by atoms with Crippen LogP contribution in [0.15, 0.2) is 135 Å². The number of ether oxygens (including phenoxy) is 7. The van der Waals surface area contributed by atoms with Gasteiger partial charge in [0.1, 0.15) is 55.6 Å². The molecular formula is C74H78N32O11. The van der Waals surface area contributed by atoms with Crippen molar-refractivity contribution in [3.63, 3.8) is 0 Å². The predicted octanol–water partition coefficient (Wildman–Crippen LogP) is 6.42. The molecular weight excluding hydrogens is 1510 g/mol. The van der Waals surface area contributed by atoms with Crippen LogP contribution < -0.4 is 97.0 Å². The molecule has 4 aliphatic rings. The van der Waals surface area contributed by atoms with Crippen LogP contribution >= 0.6 is 0 Å². The minimum atomic E-state index is -0.426. The Morgan fingerprint density at radius 2 is 0.744 bits per heavy atom. The van der Waals surface area contributed by atoms with E-state index in [1.807, 2.05) is 60.7 Å². The summed E-state index contributed by atoms with van der Waals surface area (Å²) in [7, 11) is 19.5. The number of allylic oxidation sites excluding steroid dienone is 1. The van der Waals surface area contributed by atoms with Gasteiger partial charge in [-0.1, -0.05) is 37.4 Å². The second-order valence-corrected chi connectivity index (χ2v) is 25.2. The van der Waals surface area contributed by atoms with E-state index in [-0.39, 0.29) is 41.2 Å². The standard InChI is InChI=1S/C19H20N8O3.C19H20N8O2.C18H18N8O3.C18H20N8O3/c1-10-8-30-16-13(14(19(28)20-2)24-25-18(16)22-10)23-12-7-5-6-11(15(12)29-4)17-21-9-27(3)26-17;1-10-8-12-14(15(19(28)20-2)24-25-18(12)22-10)23-13-7-5-6-11(16(13)29-4)17-21-9-27(3)26-17;1-9-21-17-15(29-9)12(13(23-24-17)18(27)19-2)22-11-7-5-6-10(14(11)28-4)16-20-8-26(3)25-16;1-19-18(27)13-12(15-17(24-23-13)20-7-8-29-15)22-11-6-4-5-10(14(11)28-3)16-21-9-26(2)25-16/h5-7,9H,1,8H2,2-4H3,(H,20,28)(H2,22,23,25);5-7,9H,1,8H2,2-4H3,(H,20,28)(H2,22,23,25);5-8H,1H2,2-4H3,(H,19,27)(H2,21,22,24);4-6,9H,7-8H2,1-3H3,(H,19,27)(H2,20,22,24). The lowest BCUT2D eigenvalue weighted by Crippen LogP contribution is -2.25. The number of benzene rings is 4. The number of hydrogen-bond donors (Lipinski definition) is 12. The van der Waals surface area contributed by atoms with Gasteiger partial charge in [-0.15, -0.1) is 40.8 Å². The Kier molecular flexibility index (Phi) is 23.4. The number of methoxy groups -OCH3 is 4. The molecule has 0 bridgehead atoms. The highest BCUT2D eigenvalue weighted by Gasteiger charge is 2.33. The Morgan fingerprint density at radius 3 is 1.11 bits per heavy atom. The van der Waals surface area contributed by atoms with Crippen LogP contribution in [0.5, 0.6) is 40.2 Å². The number of nitrogens with zero attached hydrogens (tertiary/aromatic N) is 20. The van der Waals surface area contributed by atoms with Crippen LogP contribution in [0.1, 0.15) is 47.5 Å². The van der Waals surface area contributed by atoms with Crippen molar-refractivity contribution in [1.29, 1.82) is 0 Å². The molecule has 4 aromatic carbocycles. The van der Waals surface area contributed by atoms with Crippen molar-refractivity contribution in [3.8, 4) is 85.8 Å². The lowest BCUT2D eigenvalue weighted by Gasteiger charge is -2.24. The van der Waals surface area contributed by atoms with Crippen molar-refractivity contribution < 1.29 is 52.3 Å². The summed E-state index contributed by atoms with van der Waals surface area (Å²) in [4.78, 5) is 66.7. The van der Waals surface area contributed by atoms with Gasteiger partial charge in [0.25, 0.3) is 23.6 Å². The van der Waals surface area contributed by atoms with Gasteiger partial charge < -0.3 is 97.0 Å². The number of amides is 4. The van der Waals surface area contributed by atoms with Gasteiger partial charge in [-0.25, -0.2) is 19.9 Å². The number of aromatic nitrogens is 20. The molecule has 0 atom stereocenters. The number of carbonyl (C=O) groups is 4. The first-order chi connectivity index (χ1) is 56.7. The average molecular weight is 1590 g/mol. The molecule has 0 aliphatic carbocycles. The van der Waals surface area contributed by atoms with Crippen molar-refractivity contribution in [3.05, 3.63) is 163 Å². The Bertz CT molecular complexity index is 5680. The first-order valence-electron chi connectivity index (χ1n) is 35.4. The van der Waals surface area contributed by atoms with Gasteiger partial charge >= 0.3 is 0 Å². The zero-order valence-corrected chi connectivity index (χ0v) is 65.1. The van der Waals surface area contributed by atoms with Crippen LogP contribution in [0.4, 0.5) is 68.8 Å². The maximum Gasteiger partial charge on any atom is 0.273 e. The molecule has 0 saturated carbocycles. The fourth-order valence-electron chi connectivity index (χ4n) is 12.2. The minimum absolute atomic E-state index is 0.0613. The highest BCUT2D eigenvalue weighted by atomic mass is 16.5. The zero-order chi connectivity index (χ0) is 82.7. The first-order valence-corrected chi connectivity index (χ1v) is 35.4. The largest absolute Gasteiger partial charge is 0.494 e. The normalized spacial score (nSPS) is 12.3. The molecule has 16 rings (SSSR count). The number of para-hydroxylation sites is 4. The van der Waals surface area contributed by atoms with Gasteiger partial charge in [-0.3, -0.25) is 37.9 Å². The molecule has 0 fully saturated rings. The van der Waals surface area contributed by atoms with Gasteiger partial charge in [0.15, 0.2) is 110 Å². The summed E-state index contributed by atoms with van der Waals surface area (Å²) in [6.07, 6.45) is 6.97. The fraction of sp³-hybridized carbons (Fsp3) is 0.216. The van der Waals surface area contributed by atoms with Crippen molar-refractivity contribution in [2.24, 2.45) is 28.2 Å².